The standard InChI is InChI=1S/C15H24N2O/c1-4-5-6-9-16-15-13(8-7-10-17-15)14(18)11-12(2)3/h7-8,10,12H,4-6,9,11H2,1-3H3,(H,16,17). The van der Waals surface area contributed by atoms with Crippen molar-refractivity contribution >= 4 is 11.6 Å². The summed E-state index contributed by atoms with van der Waals surface area (Å²) in [5.41, 5.74) is 0.725. The van der Waals surface area contributed by atoms with Gasteiger partial charge in [0.15, 0.2) is 5.78 Å². The van der Waals surface area contributed by atoms with Crippen molar-refractivity contribution in [2.24, 2.45) is 5.92 Å². The minimum Gasteiger partial charge on any atom is -0.369 e. The number of nitrogens with zero attached hydrogens (tertiary/aromatic N) is 1. The number of aromatic nitrogens is 1. The van der Waals surface area contributed by atoms with Crippen molar-refractivity contribution in [1.82, 2.24) is 4.98 Å². The van der Waals surface area contributed by atoms with Crippen LogP contribution in [0.3, 0.4) is 0 Å². The van der Waals surface area contributed by atoms with E-state index in [2.05, 4.69) is 31.1 Å². The molecule has 0 bridgehead atoms. The zero-order valence-electron chi connectivity index (χ0n) is 11.7. The predicted octanol–water partition coefficient (Wildman–Crippen LogP) is 3.91. The number of nitrogens with one attached hydrogen (secondary N) is 1. The lowest BCUT2D eigenvalue weighted by atomic mass is 10.0. The maximum absolute atomic E-state index is 12.1. The molecule has 0 aromatic carbocycles. The van der Waals surface area contributed by atoms with Crippen molar-refractivity contribution < 1.29 is 4.79 Å². The zero-order chi connectivity index (χ0) is 13.4. The van der Waals surface area contributed by atoms with Gasteiger partial charge >= 0.3 is 0 Å². The number of carbonyl (C=O) groups excluding carboxylic acids is 1. The van der Waals surface area contributed by atoms with E-state index in [0.717, 1.165) is 24.3 Å². The summed E-state index contributed by atoms with van der Waals surface area (Å²) < 4.78 is 0. The van der Waals surface area contributed by atoms with Crippen LogP contribution in [0.25, 0.3) is 0 Å². The first-order chi connectivity index (χ1) is 8.65. The van der Waals surface area contributed by atoms with Gasteiger partial charge in [-0.1, -0.05) is 33.6 Å². The molecule has 18 heavy (non-hydrogen) atoms. The topological polar surface area (TPSA) is 42.0 Å². The molecule has 100 valence electrons. The van der Waals surface area contributed by atoms with Gasteiger partial charge in [-0.25, -0.2) is 4.98 Å². The minimum absolute atomic E-state index is 0.177. The Bertz CT molecular complexity index is 375. The average molecular weight is 248 g/mol. The van der Waals surface area contributed by atoms with Crippen LogP contribution in [0.1, 0.15) is 56.8 Å². The van der Waals surface area contributed by atoms with Crippen LogP contribution in [0, 0.1) is 5.92 Å². The molecule has 1 aromatic heterocycles. The molecule has 1 N–H and O–H groups in total. The SMILES string of the molecule is CCCCCNc1ncccc1C(=O)CC(C)C. The average Bonchev–Trinajstić information content (AvgIpc) is 2.34. The molecule has 0 spiro atoms. The van der Waals surface area contributed by atoms with Crippen LogP contribution in [0.4, 0.5) is 5.82 Å². The third kappa shape index (κ3) is 4.86. The monoisotopic (exact) mass is 248 g/mol. The Hall–Kier alpha value is -1.38. The molecule has 0 atom stereocenters. The molecule has 0 aliphatic heterocycles. The molecule has 0 saturated heterocycles. The van der Waals surface area contributed by atoms with Gasteiger partial charge in [-0.05, 0) is 24.5 Å². The van der Waals surface area contributed by atoms with Gasteiger partial charge in [0.25, 0.3) is 0 Å². The normalized spacial score (nSPS) is 10.7. The van der Waals surface area contributed by atoms with Crippen LogP contribution in [-0.2, 0) is 0 Å². The maximum Gasteiger partial charge on any atom is 0.166 e. The molecule has 0 radical (unpaired) electrons. The molecule has 1 aromatic rings. The summed E-state index contributed by atoms with van der Waals surface area (Å²) in [5.74, 6) is 1.29. The van der Waals surface area contributed by atoms with E-state index < -0.39 is 0 Å². The quantitative estimate of drug-likeness (QED) is 0.560. The molecule has 0 amide bonds. The molecule has 0 fully saturated rings. The van der Waals surface area contributed by atoms with Crippen molar-refractivity contribution in [1.29, 1.82) is 0 Å². The van der Waals surface area contributed by atoms with Crippen LogP contribution >= 0.6 is 0 Å². The van der Waals surface area contributed by atoms with E-state index in [1.54, 1.807) is 6.20 Å². The Morgan fingerprint density at radius 3 is 2.83 bits per heavy atom. The number of pyridine rings is 1. The highest BCUT2D eigenvalue weighted by Crippen LogP contribution is 2.16. The van der Waals surface area contributed by atoms with Gasteiger partial charge in [0.1, 0.15) is 5.82 Å². The van der Waals surface area contributed by atoms with Gasteiger partial charge in [0.05, 0.1) is 5.56 Å². The zero-order valence-corrected chi connectivity index (χ0v) is 11.7. The first-order valence-corrected chi connectivity index (χ1v) is 6.87. The summed E-state index contributed by atoms with van der Waals surface area (Å²) in [7, 11) is 0. The van der Waals surface area contributed by atoms with E-state index in [9.17, 15) is 4.79 Å². The number of hydrogen-bond donors (Lipinski definition) is 1. The third-order valence-corrected chi connectivity index (χ3v) is 2.77. The van der Waals surface area contributed by atoms with E-state index in [4.69, 9.17) is 0 Å². The lowest BCUT2D eigenvalue weighted by molar-refractivity contribution is 0.0968. The van der Waals surface area contributed by atoms with Crippen LogP contribution in [-0.4, -0.2) is 17.3 Å². The van der Waals surface area contributed by atoms with Crippen LogP contribution < -0.4 is 5.32 Å². The molecular weight excluding hydrogens is 224 g/mol. The van der Waals surface area contributed by atoms with E-state index in [1.807, 2.05) is 12.1 Å². The number of rotatable bonds is 8. The highest BCUT2D eigenvalue weighted by molar-refractivity contribution is 6.00. The van der Waals surface area contributed by atoms with Gasteiger partial charge < -0.3 is 5.32 Å². The Balaban J connectivity index is 2.64. The van der Waals surface area contributed by atoms with Gasteiger partial charge in [0, 0.05) is 19.2 Å². The summed E-state index contributed by atoms with van der Waals surface area (Å²) in [5, 5.41) is 3.27. The number of unbranched alkanes of at least 4 members (excludes halogenated alkanes) is 2. The van der Waals surface area contributed by atoms with Crippen LogP contribution in [0.15, 0.2) is 18.3 Å². The van der Waals surface area contributed by atoms with Gasteiger partial charge in [-0.2, -0.15) is 0 Å². The van der Waals surface area contributed by atoms with Gasteiger partial charge in [0.2, 0.25) is 0 Å². The summed E-state index contributed by atoms with van der Waals surface area (Å²) in [4.78, 5) is 16.4. The maximum atomic E-state index is 12.1. The first kappa shape index (κ1) is 14.7. The summed E-state index contributed by atoms with van der Waals surface area (Å²) in [6, 6.07) is 3.69. The lowest BCUT2D eigenvalue weighted by Crippen LogP contribution is -2.11. The summed E-state index contributed by atoms with van der Waals surface area (Å²) in [6.45, 7) is 7.18. The molecule has 0 saturated carbocycles. The second kappa shape index (κ2) is 7.85. The molecule has 0 aliphatic carbocycles. The fourth-order valence-electron chi connectivity index (χ4n) is 1.83. The lowest BCUT2D eigenvalue weighted by Gasteiger charge is -2.10. The Kier molecular flexibility index (Phi) is 6.40. The van der Waals surface area contributed by atoms with Crippen LogP contribution in [0.5, 0.6) is 0 Å². The van der Waals surface area contributed by atoms with Crippen LogP contribution in [0.2, 0.25) is 0 Å². The molecule has 1 rings (SSSR count). The van der Waals surface area contributed by atoms with Crippen molar-refractivity contribution in [3.63, 3.8) is 0 Å². The molecule has 3 nitrogen and oxygen atoms in total. The Morgan fingerprint density at radius 1 is 1.39 bits per heavy atom. The van der Waals surface area contributed by atoms with Crippen molar-refractivity contribution in [3.05, 3.63) is 23.9 Å². The van der Waals surface area contributed by atoms with Crippen molar-refractivity contribution in [2.45, 2.75) is 46.5 Å². The number of carbonyl (C=O) groups is 1. The fourth-order valence-corrected chi connectivity index (χ4v) is 1.83. The van der Waals surface area contributed by atoms with E-state index >= 15 is 0 Å². The highest BCUT2D eigenvalue weighted by atomic mass is 16.1. The van der Waals surface area contributed by atoms with E-state index in [1.165, 1.54) is 12.8 Å². The Labute approximate surface area is 110 Å². The molecule has 0 aliphatic rings. The first-order valence-electron chi connectivity index (χ1n) is 6.87. The minimum atomic E-state index is 0.177. The van der Waals surface area contributed by atoms with E-state index in [-0.39, 0.29) is 5.78 Å². The summed E-state index contributed by atoms with van der Waals surface area (Å²) >= 11 is 0. The Morgan fingerprint density at radius 2 is 2.17 bits per heavy atom. The third-order valence-electron chi connectivity index (χ3n) is 2.77. The van der Waals surface area contributed by atoms with Crippen molar-refractivity contribution in [2.75, 3.05) is 11.9 Å². The molecule has 0 unspecified atom stereocenters. The number of Topliss-reactive ketones (excluding diaryl/α,β-unsaturated/α-hetero) is 1. The number of hydrogen-bond acceptors (Lipinski definition) is 3. The predicted molar refractivity (Wildman–Crippen MR) is 76.0 cm³/mol. The van der Waals surface area contributed by atoms with E-state index in [0.29, 0.717) is 12.3 Å². The van der Waals surface area contributed by atoms with Gasteiger partial charge in [-0.15, -0.1) is 0 Å². The second-order valence-corrected chi connectivity index (χ2v) is 5.05. The summed E-state index contributed by atoms with van der Waals surface area (Å²) in [6.07, 6.45) is 5.83. The van der Waals surface area contributed by atoms with Gasteiger partial charge in [-0.3, -0.25) is 4.79 Å². The number of anilines is 1. The molecule has 3 heteroatoms. The largest absolute Gasteiger partial charge is 0.369 e. The number of ketones is 1. The van der Waals surface area contributed by atoms with Crippen molar-refractivity contribution in [3.8, 4) is 0 Å². The highest BCUT2D eigenvalue weighted by Gasteiger charge is 2.13. The fraction of sp³-hybridized carbons (Fsp3) is 0.600. The molecular formula is C15H24N2O. The molecule has 1 heterocycles. The second-order valence-electron chi connectivity index (χ2n) is 5.05. The smallest absolute Gasteiger partial charge is 0.166 e.